The van der Waals surface area contributed by atoms with Crippen LogP contribution < -0.4 is 0 Å². The van der Waals surface area contributed by atoms with Gasteiger partial charge in [0.05, 0.1) is 6.20 Å². The molecule has 0 aliphatic rings. The van der Waals surface area contributed by atoms with E-state index in [-0.39, 0.29) is 0 Å². The maximum atomic E-state index is 4.05. The second-order valence-corrected chi connectivity index (χ2v) is 4.09. The monoisotopic (exact) mass is 248 g/mol. The fraction of sp³-hybridized carbons (Fsp3) is 0. The van der Waals surface area contributed by atoms with Gasteiger partial charge in [-0.1, -0.05) is 36.4 Å². The molecule has 2 aromatic heterocycles. The summed E-state index contributed by atoms with van der Waals surface area (Å²) in [5, 5.41) is 10.5. The van der Waals surface area contributed by atoms with Gasteiger partial charge in [-0.05, 0) is 23.3 Å². The fourth-order valence-electron chi connectivity index (χ4n) is 1.77. The highest BCUT2D eigenvalue weighted by Gasteiger charge is 1.99. The molecule has 0 fully saturated rings. The minimum absolute atomic E-state index is 0.852. The number of pyridine rings is 1. The molecule has 3 aromatic rings. The Bertz CT molecular complexity index is 655. The maximum absolute atomic E-state index is 4.05. The van der Waals surface area contributed by atoms with Gasteiger partial charge in [-0.15, -0.1) is 0 Å². The van der Waals surface area contributed by atoms with Crippen LogP contribution in [0.2, 0.25) is 0 Å². The molecule has 3 rings (SSSR count). The number of nitrogens with zero attached hydrogens (tertiary/aromatic N) is 3. The highest BCUT2D eigenvalue weighted by Crippen LogP contribution is 2.17. The summed E-state index contributed by atoms with van der Waals surface area (Å²) in [5.41, 5.74) is 4.18. The van der Waals surface area contributed by atoms with Crippen LogP contribution in [0, 0.1) is 0 Å². The first-order valence-electron chi connectivity index (χ1n) is 5.96. The van der Waals surface area contributed by atoms with Crippen LogP contribution in [0.4, 0.5) is 0 Å². The third-order valence-corrected chi connectivity index (χ3v) is 2.80. The van der Waals surface area contributed by atoms with E-state index in [2.05, 4.69) is 44.7 Å². The van der Waals surface area contributed by atoms with Gasteiger partial charge < -0.3 is 0 Å². The summed E-state index contributed by atoms with van der Waals surface area (Å²) in [7, 11) is 0. The Hall–Kier alpha value is -2.75. The van der Waals surface area contributed by atoms with Crippen molar-refractivity contribution in [3.63, 3.8) is 0 Å². The maximum Gasteiger partial charge on any atom is 0.112 e. The van der Waals surface area contributed by atoms with Crippen LogP contribution in [-0.4, -0.2) is 20.4 Å². The van der Waals surface area contributed by atoms with Gasteiger partial charge in [0, 0.05) is 18.0 Å². The molecule has 0 bridgehead atoms. The zero-order chi connectivity index (χ0) is 12.9. The first-order valence-corrected chi connectivity index (χ1v) is 5.96. The highest BCUT2D eigenvalue weighted by atomic mass is 15.3. The smallest absolute Gasteiger partial charge is 0.112 e. The molecule has 19 heavy (non-hydrogen) atoms. The van der Waals surface area contributed by atoms with Gasteiger partial charge in [-0.2, -0.15) is 15.4 Å². The lowest BCUT2D eigenvalue weighted by Crippen LogP contribution is -1.79. The number of nitrogens with one attached hydrogen (secondary N) is 1. The van der Waals surface area contributed by atoms with E-state index < -0.39 is 0 Å². The van der Waals surface area contributed by atoms with E-state index in [1.165, 1.54) is 0 Å². The molecule has 4 heteroatoms. The number of hydrogen-bond acceptors (Lipinski definition) is 3. The molecule has 0 unspecified atom stereocenters. The van der Waals surface area contributed by atoms with Crippen molar-refractivity contribution >= 4 is 12.2 Å². The Kier molecular flexibility index (Phi) is 3.14. The number of H-pyrrole nitrogens is 1. The van der Waals surface area contributed by atoms with Crippen LogP contribution in [0.15, 0.2) is 55.0 Å². The Labute approximate surface area is 110 Å². The standard InChI is InChI=1S/C15H12N4/c1(2-13-7-9-16-10-8-13)12-3-5-14(6-4-12)15-11-17-19-18-15/h1-11H,(H,17,18,19). The summed E-state index contributed by atoms with van der Waals surface area (Å²) >= 11 is 0. The predicted octanol–water partition coefficient (Wildman–Crippen LogP) is 3.04. The van der Waals surface area contributed by atoms with Gasteiger partial charge in [-0.25, -0.2) is 0 Å². The van der Waals surface area contributed by atoms with Crippen LogP contribution >= 0.6 is 0 Å². The second kappa shape index (κ2) is 5.27. The number of aromatic nitrogens is 4. The Morgan fingerprint density at radius 1 is 0.842 bits per heavy atom. The Morgan fingerprint density at radius 3 is 2.16 bits per heavy atom. The SMILES string of the molecule is C(=Cc1ccc(-c2cn[nH]n2)cc1)c1ccncc1. The van der Waals surface area contributed by atoms with Crippen LogP contribution in [0.5, 0.6) is 0 Å². The number of benzene rings is 1. The van der Waals surface area contributed by atoms with E-state index in [1.807, 2.05) is 24.3 Å². The van der Waals surface area contributed by atoms with Crippen molar-refractivity contribution in [3.8, 4) is 11.3 Å². The first kappa shape index (κ1) is 11.3. The van der Waals surface area contributed by atoms with Crippen molar-refractivity contribution < 1.29 is 0 Å². The molecule has 2 heterocycles. The molecule has 1 N–H and O–H groups in total. The van der Waals surface area contributed by atoms with Gasteiger partial charge in [0.15, 0.2) is 0 Å². The van der Waals surface area contributed by atoms with Crippen molar-refractivity contribution in [3.05, 3.63) is 66.1 Å². The van der Waals surface area contributed by atoms with Gasteiger partial charge >= 0.3 is 0 Å². The summed E-state index contributed by atoms with van der Waals surface area (Å²) in [4.78, 5) is 3.99. The zero-order valence-corrected chi connectivity index (χ0v) is 10.2. The Morgan fingerprint density at radius 2 is 1.53 bits per heavy atom. The van der Waals surface area contributed by atoms with E-state index in [9.17, 15) is 0 Å². The molecular formula is C15H12N4. The topological polar surface area (TPSA) is 54.5 Å². The fourth-order valence-corrected chi connectivity index (χ4v) is 1.77. The number of aromatic amines is 1. The minimum Gasteiger partial charge on any atom is -0.265 e. The molecule has 92 valence electrons. The molecule has 0 aliphatic carbocycles. The quantitative estimate of drug-likeness (QED) is 0.775. The summed E-state index contributed by atoms with van der Waals surface area (Å²) in [6.45, 7) is 0. The van der Waals surface area contributed by atoms with Gasteiger partial charge in [0.2, 0.25) is 0 Å². The van der Waals surface area contributed by atoms with Gasteiger partial charge in [0.1, 0.15) is 5.69 Å². The summed E-state index contributed by atoms with van der Waals surface area (Å²) in [6.07, 6.45) is 9.41. The molecule has 0 spiro atoms. The lowest BCUT2D eigenvalue weighted by atomic mass is 10.1. The zero-order valence-electron chi connectivity index (χ0n) is 10.2. The molecular weight excluding hydrogens is 236 g/mol. The molecule has 0 radical (unpaired) electrons. The first-order chi connectivity index (χ1) is 9.42. The van der Waals surface area contributed by atoms with Crippen LogP contribution in [-0.2, 0) is 0 Å². The van der Waals surface area contributed by atoms with Gasteiger partial charge in [0.25, 0.3) is 0 Å². The lowest BCUT2D eigenvalue weighted by Gasteiger charge is -1.97. The average Bonchev–Trinajstić information content (AvgIpc) is 3.01. The molecule has 0 aliphatic heterocycles. The lowest BCUT2D eigenvalue weighted by molar-refractivity contribution is 0.942. The van der Waals surface area contributed by atoms with Crippen LogP contribution in [0.25, 0.3) is 23.4 Å². The highest BCUT2D eigenvalue weighted by molar-refractivity contribution is 5.71. The summed E-state index contributed by atoms with van der Waals surface area (Å²) in [6, 6.07) is 12.1. The van der Waals surface area contributed by atoms with Gasteiger partial charge in [-0.3, -0.25) is 4.98 Å². The number of rotatable bonds is 3. The largest absolute Gasteiger partial charge is 0.265 e. The van der Waals surface area contributed by atoms with E-state index in [0.29, 0.717) is 0 Å². The van der Waals surface area contributed by atoms with Crippen molar-refractivity contribution in [2.45, 2.75) is 0 Å². The van der Waals surface area contributed by atoms with Crippen molar-refractivity contribution in [2.75, 3.05) is 0 Å². The molecule has 1 aromatic carbocycles. The second-order valence-electron chi connectivity index (χ2n) is 4.09. The normalized spacial score (nSPS) is 10.9. The molecule has 0 saturated heterocycles. The minimum atomic E-state index is 0.852. The average molecular weight is 248 g/mol. The molecule has 4 nitrogen and oxygen atoms in total. The predicted molar refractivity (Wildman–Crippen MR) is 75.0 cm³/mol. The van der Waals surface area contributed by atoms with Crippen LogP contribution in [0.1, 0.15) is 11.1 Å². The van der Waals surface area contributed by atoms with E-state index in [0.717, 1.165) is 22.4 Å². The number of hydrogen-bond donors (Lipinski definition) is 1. The van der Waals surface area contributed by atoms with E-state index >= 15 is 0 Å². The van der Waals surface area contributed by atoms with E-state index in [1.54, 1.807) is 18.6 Å². The molecule has 0 atom stereocenters. The van der Waals surface area contributed by atoms with Crippen molar-refractivity contribution in [2.24, 2.45) is 0 Å². The summed E-state index contributed by atoms with van der Waals surface area (Å²) < 4.78 is 0. The van der Waals surface area contributed by atoms with Crippen molar-refractivity contribution in [1.82, 2.24) is 20.4 Å². The van der Waals surface area contributed by atoms with E-state index in [4.69, 9.17) is 0 Å². The third-order valence-electron chi connectivity index (χ3n) is 2.80. The van der Waals surface area contributed by atoms with Crippen molar-refractivity contribution in [1.29, 1.82) is 0 Å². The summed E-state index contributed by atoms with van der Waals surface area (Å²) in [5.74, 6) is 0. The Balaban J connectivity index is 1.78. The third kappa shape index (κ3) is 2.74. The molecule has 0 amide bonds. The molecule has 0 saturated carbocycles. The van der Waals surface area contributed by atoms with Crippen LogP contribution in [0.3, 0.4) is 0 Å².